The highest BCUT2D eigenvalue weighted by atomic mass is 16.3. The van der Waals surface area contributed by atoms with Gasteiger partial charge in [-0.2, -0.15) is 0 Å². The number of hydrogen-bond acceptors (Lipinski definition) is 2. The smallest absolute Gasteiger partial charge is 0.142 e. The Morgan fingerprint density at radius 2 is 1.19 bits per heavy atom. The maximum absolute atomic E-state index is 9.62. The van der Waals surface area contributed by atoms with Crippen LogP contribution in [0.3, 0.4) is 0 Å². The van der Waals surface area contributed by atoms with Crippen LogP contribution in [0, 0.1) is 0 Å². The molecule has 2 heteroatoms. The van der Waals surface area contributed by atoms with E-state index in [9.17, 15) is 5.11 Å². The Bertz CT molecular complexity index is 998. The number of phenolic OH excluding ortho intramolecular Hbond substituents is 1. The number of aromatic hydroxyl groups is 1. The summed E-state index contributed by atoms with van der Waals surface area (Å²) >= 11 is 0. The Hall–Kier alpha value is -3.26. The maximum Gasteiger partial charge on any atom is 0.142 e. The molecule has 3 aromatic carbocycles. The van der Waals surface area contributed by atoms with Crippen molar-refractivity contribution in [2.45, 2.75) is 13.3 Å². The van der Waals surface area contributed by atoms with E-state index in [-0.39, 0.29) is 5.75 Å². The summed E-state index contributed by atoms with van der Waals surface area (Å²) in [7, 11) is 0. The molecular weight excluding hydrogens is 320 g/mol. The summed E-state index contributed by atoms with van der Waals surface area (Å²) in [6.07, 6.45) is 0.858. The Labute approximate surface area is 153 Å². The summed E-state index contributed by atoms with van der Waals surface area (Å²) in [6.45, 7) is 2.15. The van der Waals surface area contributed by atoms with Crippen molar-refractivity contribution in [2.75, 3.05) is 0 Å². The van der Waals surface area contributed by atoms with Gasteiger partial charge in [0.05, 0.1) is 0 Å². The normalized spacial score (nSPS) is 10.8. The molecule has 0 atom stereocenters. The SMILES string of the molecule is CCc1c(-c2ccc(O)cc2)oc(-c2ccccc2)c1-c1ccccc1. The zero-order valence-corrected chi connectivity index (χ0v) is 14.6. The Kier molecular flexibility index (Phi) is 4.32. The maximum atomic E-state index is 9.62. The van der Waals surface area contributed by atoms with Gasteiger partial charge in [-0.25, -0.2) is 0 Å². The van der Waals surface area contributed by atoms with Crippen molar-refractivity contribution in [3.8, 4) is 39.5 Å². The van der Waals surface area contributed by atoms with Crippen LogP contribution in [0.25, 0.3) is 33.8 Å². The fourth-order valence-electron chi connectivity index (χ4n) is 3.35. The lowest BCUT2D eigenvalue weighted by Gasteiger charge is -2.06. The second-order valence-electron chi connectivity index (χ2n) is 6.25. The first-order valence-electron chi connectivity index (χ1n) is 8.84. The van der Waals surface area contributed by atoms with Crippen molar-refractivity contribution in [3.05, 3.63) is 90.5 Å². The molecule has 4 rings (SSSR count). The second kappa shape index (κ2) is 6.93. The highest BCUT2D eigenvalue weighted by Gasteiger charge is 2.22. The molecule has 0 unspecified atom stereocenters. The molecule has 4 aromatic rings. The van der Waals surface area contributed by atoms with E-state index in [2.05, 4.69) is 43.3 Å². The highest BCUT2D eigenvalue weighted by molar-refractivity contribution is 5.87. The fourth-order valence-corrected chi connectivity index (χ4v) is 3.35. The summed E-state index contributed by atoms with van der Waals surface area (Å²) in [4.78, 5) is 0. The standard InChI is InChI=1S/C24H20O2/c1-2-21-22(17-9-5-3-6-10-17)24(18-11-7-4-8-12-18)26-23(21)19-13-15-20(25)16-14-19/h3-16,25H,2H2,1H3. The monoisotopic (exact) mass is 340 g/mol. The first-order chi connectivity index (χ1) is 12.8. The van der Waals surface area contributed by atoms with Crippen molar-refractivity contribution >= 4 is 0 Å². The molecule has 0 saturated heterocycles. The van der Waals surface area contributed by atoms with Crippen molar-refractivity contribution < 1.29 is 9.52 Å². The predicted molar refractivity (Wildman–Crippen MR) is 106 cm³/mol. The van der Waals surface area contributed by atoms with Crippen molar-refractivity contribution in [1.29, 1.82) is 0 Å². The first-order valence-corrected chi connectivity index (χ1v) is 8.84. The number of benzene rings is 3. The van der Waals surface area contributed by atoms with Gasteiger partial charge < -0.3 is 9.52 Å². The van der Waals surface area contributed by atoms with Crippen LogP contribution in [0.4, 0.5) is 0 Å². The molecular formula is C24H20O2. The van der Waals surface area contributed by atoms with Crippen LogP contribution in [0.1, 0.15) is 12.5 Å². The summed E-state index contributed by atoms with van der Waals surface area (Å²) in [5.74, 6) is 2.01. The van der Waals surface area contributed by atoms with Gasteiger partial charge >= 0.3 is 0 Å². The number of rotatable bonds is 4. The molecule has 2 nitrogen and oxygen atoms in total. The van der Waals surface area contributed by atoms with Crippen LogP contribution in [-0.4, -0.2) is 5.11 Å². The van der Waals surface area contributed by atoms with E-state index < -0.39 is 0 Å². The van der Waals surface area contributed by atoms with Gasteiger partial charge in [-0.1, -0.05) is 67.6 Å². The van der Waals surface area contributed by atoms with Gasteiger partial charge in [-0.15, -0.1) is 0 Å². The molecule has 0 amide bonds. The molecule has 26 heavy (non-hydrogen) atoms. The van der Waals surface area contributed by atoms with E-state index in [0.717, 1.165) is 40.2 Å². The summed E-state index contributed by atoms with van der Waals surface area (Å²) in [5, 5.41) is 9.62. The second-order valence-corrected chi connectivity index (χ2v) is 6.25. The average molecular weight is 340 g/mol. The van der Waals surface area contributed by atoms with Crippen molar-refractivity contribution in [2.24, 2.45) is 0 Å². The van der Waals surface area contributed by atoms with Gasteiger partial charge in [0.15, 0.2) is 0 Å². The fraction of sp³-hybridized carbons (Fsp3) is 0.0833. The van der Waals surface area contributed by atoms with Gasteiger partial charge in [0.1, 0.15) is 17.3 Å². The lowest BCUT2D eigenvalue weighted by molar-refractivity contribution is 0.475. The molecule has 0 aliphatic heterocycles. The topological polar surface area (TPSA) is 33.4 Å². The van der Waals surface area contributed by atoms with Crippen LogP contribution in [0.2, 0.25) is 0 Å². The molecule has 0 spiro atoms. The lowest BCUT2D eigenvalue weighted by atomic mass is 9.94. The van der Waals surface area contributed by atoms with E-state index in [4.69, 9.17) is 4.42 Å². The summed E-state index contributed by atoms with van der Waals surface area (Å²) < 4.78 is 6.42. The predicted octanol–water partition coefficient (Wildman–Crippen LogP) is 6.55. The van der Waals surface area contributed by atoms with E-state index in [0.29, 0.717) is 0 Å². The minimum atomic E-state index is 0.255. The molecule has 0 fully saturated rings. The zero-order chi connectivity index (χ0) is 17.9. The minimum Gasteiger partial charge on any atom is -0.508 e. The third-order valence-corrected chi connectivity index (χ3v) is 4.59. The van der Waals surface area contributed by atoms with Gasteiger partial charge in [-0.05, 0) is 36.2 Å². The van der Waals surface area contributed by atoms with Crippen molar-refractivity contribution in [1.82, 2.24) is 0 Å². The van der Waals surface area contributed by atoms with Gasteiger partial charge in [0, 0.05) is 22.3 Å². The zero-order valence-electron chi connectivity index (χ0n) is 14.6. The Balaban J connectivity index is 2.00. The lowest BCUT2D eigenvalue weighted by Crippen LogP contribution is -1.87. The molecule has 1 aromatic heterocycles. The van der Waals surface area contributed by atoms with Crippen LogP contribution in [-0.2, 0) is 6.42 Å². The molecule has 0 saturated carbocycles. The first kappa shape index (κ1) is 16.2. The Morgan fingerprint density at radius 1 is 0.654 bits per heavy atom. The number of furan rings is 1. The molecule has 0 radical (unpaired) electrons. The number of hydrogen-bond donors (Lipinski definition) is 1. The third-order valence-electron chi connectivity index (χ3n) is 4.59. The van der Waals surface area contributed by atoms with E-state index in [1.165, 1.54) is 5.56 Å². The van der Waals surface area contributed by atoms with E-state index >= 15 is 0 Å². The largest absolute Gasteiger partial charge is 0.508 e. The molecule has 128 valence electrons. The molecule has 0 bridgehead atoms. The van der Waals surface area contributed by atoms with Crippen LogP contribution < -0.4 is 0 Å². The molecule has 0 aliphatic rings. The molecule has 1 N–H and O–H groups in total. The average Bonchev–Trinajstić information content (AvgIpc) is 3.09. The van der Waals surface area contributed by atoms with Gasteiger partial charge in [0.2, 0.25) is 0 Å². The van der Waals surface area contributed by atoms with Crippen LogP contribution >= 0.6 is 0 Å². The van der Waals surface area contributed by atoms with Crippen LogP contribution in [0.15, 0.2) is 89.3 Å². The number of phenols is 1. The van der Waals surface area contributed by atoms with Crippen LogP contribution in [0.5, 0.6) is 5.75 Å². The molecule has 1 heterocycles. The minimum absolute atomic E-state index is 0.255. The Morgan fingerprint density at radius 3 is 1.77 bits per heavy atom. The van der Waals surface area contributed by atoms with Gasteiger partial charge in [0.25, 0.3) is 0 Å². The van der Waals surface area contributed by atoms with Crippen molar-refractivity contribution in [3.63, 3.8) is 0 Å². The van der Waals surface area contributed by atoms with Gasteiger partial charge in [-0.3, -0.25) is 0 Å². The van der Waals surface area contributed by atoms with E-state index in [1.807, 2.05) is 36.4 Å². The highest BCUT2D eigenvalue weighted by Crippen LogP contribution is 2.43. The third kappa shape index (κ3) is 2.91. The summed E-state index contributed by atoms with van der Waals surface area (Å²) in [6, 6.07) is 27.8. The summed E-state index contributed by atoms with van der Waals surface area (Å²) in [5.41, 5.74) is 5.50. The quantitative estimate of drug-likeness (QED) is 0.457. The molecule has 0 aliphatic carbocycles. The van der Waals surface area contributed by atoms with E-state index in [1.54, 1.807) is 12.1 Å².